The molecule has 2 atom stereocenters. The number of nitrogens with one attached hydrogen (secondary N) is 1. The normalized spacial score (nSPS) is 15.7. The molecule has 0 bridgehead atoms. The molecule has 0 aliphatic heterocycles. The second kappa shape index (κ2) is 7.57. The third-order valence-electron chi connectivity index (χ3n) is 3.31. The van der Waals surface area contributed by atoms with Crippen molar-refractivity contribution in [2.24, 2.45) is 0 Å². The molecule has 4 nitrogen and oxygen atoms in total. The number of hydrogen-bond donors (Lipinski definition) is 2. The van der Waals surface area contributed by atoms with Crippen molar-refractivity contribution in [3.05, 3.63) is 29.6 Å². The summed E-state index contributed by atoms with van der Waals surface area (Å²) in [7, 11) is 3.10. The average molecular weight is 285 g/mol. The Bertz CT molecular complexity index is 424. The zero-order valence-corrected chi connectivity index (χ0v) is 12.6. The van der Waals surface area contributed by atoms with Crippen LogP contribution in [-0.4, -0.2) is 38.1 Å². The molecule has 0 saturated carbocycles. The molecular formula is C15H24FNO3. The van der Waals surface area contributed by atoms with E-state index in [1.165, 1.54) is 13.2 Å². The van der Waals surface area contributed by atoms with E-state index in [4.69, 9.17) is 9.47 Å². The highest BCUT2D eigenvalue weighted by Crippen LogP contribution is 2.22. The minimum absolute atomic E-state index is 0.199. The summed E-state index contributed by atoms with van der Waals surface area (Å²) in [4.78, 5) is 0. The fraction of sp³-hybridized carbons (Fsp3) is 0.600. The molecule has 0 aliphatic rings. The second-order valence-corrected chi connectivity index (χ2v) is 5.23. The summed E-state index contributed by atoms with van der Waals surface area (Å²) >= 11 is 0. The lowest BCUT2D eigenvalue weighted by molar-refractivity contribution is 0.0230. The Morgan fingerprint density at radius 3 is 2.65 bits per heavy atom. The van der Waals surface area contributed by atoms with E-state index in [9.17, 15) is 9.50 Å². The molecule has 0 aromatic heterocycles. The molecule has 1 aromatic rings. The monoisotopic (exact) mass is 285 g/mol. The Morgan fingerprint density at radius 2 is 2.10 bits per heavy atom. The highest BCUT2D eigenvalue weighted by Gasteiger charge is 2.21. The van der Waals surface area contributed by atoms with Crippen LogP contribution in [0, 0.1) is 5.82 Å². The Morgan fingerprint density at radius 1 is 1.40 bits per heavy atom. The number of methoxy groups -OCH3 is 2. The van der Waals surface area contributed by atoms with Crippen LogP contribution in [-0.2, 0) is 4.74 Å². The van der Waals surface area contributed by atoms with Gasteiger partial charge in [0.05, 0.1) is 12.7 Å². The van der Waals surface area contributed by atoms with Crippen LogP contribution in [0.15, 0.2) is 18.2 Å². The molecule has 1 aromatic carbocycles. The van der Waals surface area contributed by atoms with Gasteiger partial charge in [-0.05, 0) is 19.9 Å². The van der Waals surface area contributed by atoms with E-state index < -0.39 is 5.60 Å². The third-order valence-corrected chi connectivity index (χ3v) is 3.31. The smallest absolute Gasteiger partial charge is 0.131 e. The topological polar surface area (TPSA) is 50.7 Å². The molecule has 0 radical (unpaired) electrons. The van der Waals surface area contributed by atoms with Gasteiger partial charge in [-0.25, -0.2) is 4.39 Å². The Balaban J connectivity index is 2.60. The van der Waals surface area contributed by atoms with Crippen molar-refractivity contribution in [1.82, 2.24) is 5.32 Å². The molecular weight excluding hydrogens is 261 g/mol. The van der Waals surface area contributed by atoms with Gasteiger partial charge in [-0.1, -0.05) is 6.07 Å². The van der Waals surface area contributed by atoms with Gasteiger partial charge in [0.15, 0.2) is 0 Å². The first kappa shape index (κ1) is 16.9. The number of aliphatic hydroxyl groups is 1. The van der Waals surface area contributed by atoms with Crippen LogP contribution in [0.25, 0.3) is 0 Å². The van der Waals surface area contributed by atoms with E-state index in [1.54, 1.807) is 26.2 Å². The van der Waals surface area contributed by atoms with E-state index in [0.717, 1.165) is 0 Å². The first-order valence-electron chi connectivity index (χ1n) is 6.68. The predicted octanol–water partition coefficient (Wildman–Crippen LogP) is 2.27. The molecule has 1 rings (SSSR count). The number of hydrogen-bond acceptors (Lipinski definition) is 4. The Hall–Kier alpha value is -1.17. The molecule has 0 fully saturated rings. The number of benzene rings is 1. The highest BCUT2D eigenvalue weighted by molar-refractivity contribution is 5.30. The summed E-state index contributed by atoms with van der Waals surface area (Å²) < 4.78 is 23.8. The van der Waals surface area contributed by atoms with Gasteiger partial charge >= 0.3 is 0 Å². The zero-order valence-electron chi connectivity index (χ0n) is 12.6. The summed E-state index contributed by atoms with van der Waals surface area (Å²) in [6.45, 7) is 4.44. The van der Waals surface area contributed by atoms with Crippen molar-refractivity contribution in [3.63, 3.8) is 0 Å². The van der Waals surface area contributed by atoms with E-state index in [-0.39, 0.29) is 11.9 Å². The second-order valence-electron chi connectivity index (χ2n) is 5.23. The van der Waals surface area contributed by atoms with Gasteiger partial charge in [0.25, 0.3) is 0 Å². The molecule has 0 heterocycles. The lowest BCUT2D eigenvalue weighted by Crippen LogP contribution is -2.39. The van der Waals surface area contributed by atoms with E-state index in [2.05, 4.69) is 5.32 Å². The fourth-order valence-corrected chi connectivity index (χ4v) is 1.88. The maximum Gasteiger partial charge on any atom is 0.131 e. The van der Waals surface area contributed by atoms with Crippen molar-refractivity contribution in [2.45, 2.75) is 31.9 Å². The Labute approximate surface area is 119 Å². The van der Waals surface area contributed by atoms with Crippen LogP contribution in [0.5, 0.6) is 5.75 Å². The van der Waals surface area contributed by atoms with Crippen molar-refractivity contribution in [3.8, 4) is 5.75 Å². The number of ether oxygens (including phenoxy) is 2. The zero-order chi connectivity index (χ0) is 15.2. The summed E-state index contributed by atoms with van der Waals surface area (Å²) in [6.07, 6.45) is 0.522. The summed E-state index contributed by atoms with van der Waals surface area (Å²) in [5, 5.41) is 13.3. The van der Waals surface area contributed by atoms with Crippen LogP contribution in [0.2, 0.25) is 0 Å². The van der Waals surface area contributed by atoms with Crippen LogP contribution in [0.4, 0.5) is 4.39 Å². The van der Waals surface area contributed by atoms with Crippen molar-refractivity contribution in [2.75, 3.05) is 27.4 Å². The maximum absolute atomic E-state index is 13.9. The minimum Gasteiger partial charge on any atom is -0.497 e. The van der Waals surface area contributed by atoms with Crippen molar-refractivity contribution in [1.29, 1.82) is 0 Å². The molecule has 5 heteroatoms. The van der Waals surface area contributed by atoms with Crippen LogP contribution >= 0.6 is 0 Å². The van der Waals surface area contributed by atoms with Gasteiger partial charge in [-0.15, -0.1) is 0 Å². The van der Waals surface area contributed by atoms with E-state index in [1.807, 2.05) is 6.92 Å². The van der Waals surface area contributed by atoms with Gasteiger partial charge in [-0.3, -0.25) is 0 Å². The van der Waals surface area contributed by atoms with Gasteiger partial charge in [0.1, 0.15) is 11.6 Å². The van der Waals surface area contributed by atoms with E-state index >= 15 is 0 Å². The molecule has 0 aliphatic carbocycles. The van der Waals surface area contributed by atoms with Gasteiger partial charge < -0.3 is 19.9 Å². The molecule has 114 valence electrons. The molecule has 2 N–H and O–H groups in total. The fourth-order valence-electron chi connectivity index (χ4n) is 1.88. The summed E-state index contributed by atoms with van der Waals surface area (Å²) in [5.41, 5.74) is -0.332. The van der Waals surface area contributed by atoms with Crippen LogP contribution < -0.4 is 10.1 Å². The van der Waals surface area contributed by atoms with Gasteiger partial charge in [0, 0.05) is 44.4 Å². The Kier molecular flexibility index (Phi) is 6.39. The first-order chi connectivity index (χ1) is 9.39. The number of halogens is 1. The van der Waals surface area contributed by atoms with Crippen LogP contribution in [0.3, 0.4) is 0 Å². The quantitative estimate of drug-likeness (QED) is 0.769. The summed E-state index contributed by atoms with van der Waals surface area (Å²) in [5.74, 6) is 0.173. The summed E-state index contributed by atoms with van der Waals surface area (Å²) in [6, 6.07) is 4.57. The van der Waals surface area contributed by atoms with Gasteiger partial charge in [-0.2, -0.15) is 0 Å². The standard InChI is InChI=1S/C15H24FNO3/c1-11(17-10-15(2,18)7-8-19-3)13-6-5-12(20-4)9-14(13)16/h5-6,9,11,17-18H,7-8,10H2,1-4H3. The maximum atomic E-state index is 13.9. The molecule has 0 amide bonds. The molecule has 2 unspecified atom stereocenters. The average Bonchev–Trinajstić information content (AvgIpc) is 2.42. The highest BCUT2D eigenvalue weighted by atomic mass is 19.1. The molecule has 0 spiro atoms. The lowest BCUT2D eigenvalue weighted by Gasteiger charge is -2.26. The van der Waals surface area contributed by atoms with Gasteiger partial charge in [0.2, 0.25) is 0 Å². The lowest BCUT2D eigenvalue weighted by atomic mass is 10.0. The third kappa shape index (κ3) is 5.07. The van der Waals surface area contributed by atoms with Crippen LogP contribution in [0.1, 0.15) is 31.9 Å². The van der Waals surface area contributed by atoms with E-state index in [0.29, 0.717) is 30.9 Å². The largest absolute Gasteiger partial charge is 0.497 e. The predicted molar refractivity (Wildman–Crippen MR) is 76.5 cm³/mol. The first-order valence-corrected chi connectivity index (χ1v) is 6.68. The molecule has 0 saturated heterocycles. The van der Waals surface area contributed by atoms with Crippen molar-refractivity contribution < 1.29 is 19.0 Å². The van der Waals surface area contributed by atoms with Crippen molar-refractivity contribution >= 4 is 0 Å². The number of rotatable bonds is 8. The SMILES string of the molecule is COCCC(C)(O)CNC(C)c1ccc(OC)cc1F. The molecule has 20 heavy (non-hydrogen) atoms. The minimum atomic E-state index is -0.882.